The van der Waals surface area contributed by atoms with Crippen molar-refractivity contribution in [1.82, 2.24) is 4.98 Å². The minimum absolute atomic E-state index is 0.120. The highest BCUT2D eigenvalue weighted by Crippen LogP contribution is 2.46. The number of aliphatic hydroxyl groups is 1. The number of benzene rings is 2. The first kappa shape index (κ1) is 24.0. The second-order valence-corrected chi connectivity index (χ2v) is 8.52. The topological polar surface area (TPSA) is 115 Å². The fourth-order valence-corrected chi connectivity index (χ4v) is 4.90. The van der Waals surface area contributed by atoms with Gasteiger partial charge in [0.2, 0.25) is 0 Å². The molecule has 9 nitrogen and oxygen atoms in total. The molecular formula is C25H22N2O7S. The lowest BCUT2D eigenvalue weighted by molar-refractivity contribution is -0.132. The molecule has 10 heteroatoms. The van der Waals surface area contributed by atoms with Gasteiger partial charge in [-0.15, -0.1) is 0 Å². The number of para-hydroxylation sites is 1. The van der Waals surface area contributed by atoms with E-state index in [1.165, 1.54) is 26.2 Å². The molecule has 0 bridgehead atoms. The Bertz CT molecular complexity index is 1340. The molecular weight excluding hydrogens is 472 g/mol. The molecule has 1 amide bonds. The van der Waals surface area contributed by atoms with Gasteiger partial charge in [0.15, 0.2) is 5.13 Å². The van der Waals surface area contributed by atoms with E-state index in [4.69, 9.17) is 14.2 Å². The van der Waals surface area contributed by atoms with Crippen LogP contribution in [0.15, 0.2) is 54.1 Å². The van der Waals surface area contributed by atoms with Crippen molar-refractivity contribution >= 4 is 39.9 Å². The number of rotatable bonds is 6. The van der Waals surface area contributed by atoms with Gasteiger partial charge in [-0.3, -0.25) is 14.5 Å². The average molecular weight is 495 g/mol. The second-order valence-electron chi connectivity index (χ2n) is 7.54. The van der Waals surface area contributed by atoms with Gasteiger partial charge in [-0.25, -0.2) is 9.78 Å². The molecule has 3 aromatic rings. The quantitative estimate of drug-likeness (QED) is 0.238. The van der Waals surface area contributed by atoms with Crippen LogP contribution in [0.5, 0.6) is 11.5 Å². The van der Waals surface area contributed by atoms with E-state index in [1.807, 2.05) is 0 Å². The van der Waals surface area contributed by atoms with E-state index in [0.29, 0.717) is 28.3 Å². The van der Waals surface area contributed by atoms with Gasteiger partial charge in [0, 0.05) is 11.1 Å². The van der Waals surface area contributed by atoms with E-state index in [1.54, 1.807) is 55.5 Å². The number of Topliss-reactive ketones (excluding diaryl/α,β-unsaturated/α-hetero) is 1. The van der Waals surface area contributed by atoms with Crippen molar-refractivity contribution in [3.8, 4) is 11.5 Å². The van der Waals surface area contributed by atoms with Crippen LogP contribution in [0, 0.1) is 6.92 Å². The third kappa shape index (κ3) is 4.12. The zero-order valence-corrected chi connectivity index (χ0v) is 20.2. The molecule has 1 aliphatic heterocycles. The van der Waals surface area contributed by atoms with E-state index < -0.39 is 23.7 Å². The smallest absolute Gasteiger partial charge is 0.350 e. The highest BCUT2D eigenvalue weighted by molar-refractivity contribution is 7.17. The fraction of sp³-hybridized carbons (Fsp3) is 0.200. The van der Waals surface area contributed by atoms with Crippen molar-refractivity contribution in [2.24, 2.45) is 0 Å². The van der Waals surface area contributed by atoms with Crippen LogP contribution in [0.4, 0.5) is 5.13 Å². The van der Waals surface area contributed by atoms with Gasteiger partial charge < -0.3 is 19.3 Å². The van der Waals surface area contributed by atoms with Crippen LogP contribution in [0.3, 0.4) is 0 Å². The molecule has 1 unspecified atom stereocenters. The summed E-state index contributed by atoms with van der Waals surface area (Å²) in [5, 5.41) is 11.3. The van der Waals surface area contributed by atoms with Gasteiger partial charge >= 0.3 is 11.9 Å². The lowest BCUT2D eigenvalue weighted by Crippen LogP contribution is -2.29. The lowest BCUT2D eigenvalue weighted by atomic mass is 9.94. The van der Waals surface area contributed by atoms with Crippen LogP contribution in [-0.4, -0.2) is 49.1 Å². The number of carbonyl (C=O) groups excluding carboxylic acids is 3. The summed E-state index contributed by atoms with van der Waals surface area (Å²) in [6.45, 7) is 1.61. The second kappa shape index (κ2) is 9.59. The van der Waals surface area contributed by atoms with Gasteiger partial charge in [-0.2, -0.15) is 0 Å². The Balaban J connectivity index is 1.95. The number of ketones is 1. The minimum Gasteiger partial charge on any atom is -0.507 e. The summed E-state index contributed by atoms with van der Waals surface area (Å²) in [5.74, 6) is -1.76. The van der Waals surface area contributed by atoms with Crippen molar-refractivity contribution < 1.29 is 33.7 Å². The molecule has 1 atom stereocenters. The van der Waals surface area contributed by atoms with Crippen molar-refractivity contribution in [2.45, 2.75) is 13.0 Å². The van der Waals surface area contributed by atoms with Crippen molar-refractivity contribution in [2.75, 3.05) is 26.2 Å². The monoisotopic (exact) mass is 494 g/mol. The number of hydrogen-bond donors (Lipinski definition) is 1. The van der Waals surface area contributed by atoms with Crippen LogP contribution in [0.1, 0.15) is 32.5 Å². The number of anilines is 1. The Labute approximate surface area is 205 Å². The normalized spacial score (nSPS) is 16.9. The maximum absolute atomic E-state index is 13.3. The molecule has 1 aromatic heterocycles. The van der Waals surface area contributed by atoms with Gasteiger partial charge in [0.25, 0.3) is 5.78 Å². The third-order valence-electron chi connectivity index (χ3n) is 5.60. The zero-order valence-electron chi connectivity index (χ0n) is 19.4. The minimum atomic E-state index is -1.05. The molecule has 1 saturated heterocycles. The first-order valence-corrected chi connectivity index (χ1v) is 11.3. The summed E-state index contributed by atoms with van der Waals surface area (Å²) in [6, 6.07) is 12.3. The molecule has 2 heterocycles. The number of ether oxygens (including phenoxy) is 3. The summed E-state index contributed by atoms with van der Waals surface area (Å²) < 4.78 is 15.5. The van der Waals surface area contributed by atoms with E-state index in [0.717, 1.165) is 11.3 Å². The van der Waals surface area contributed by atoms with Crippen molar-refractivity contribution in [3.63, 3.8) is 0 Å². The van der Waals surface area contributed by atoms with Crippen molar-refractivity contribution in [1.29, 1.82) is 0 Å². The Morgan fingerprint density at radius 3 is 2.34 bits per heavy atom. The number of thiazole rings is 1. The average Bonchev–Trinajstić information content (AvgIpc) is 3.39. The maximum Gasteiger partial charge on any atom is 0.350 e. The number of esters is 1. The van der Waals surface area contributed by atoms with Gasteiger partial charge in [-0.05, 0) is 37.3 Å². The molecule has 0 radical (unpaired) electrons. The van der Waals surface area contributed by atoms with E-state index >= 15 is 0 Å². The summed E-state index contributed by atoms with van der Waals surface area (Å²) in [7, 11) is 4.23. The predicted molar refractivity (Wildman–Crippen MR) is 129 cm³/mol. The molecule has 0 aliphatic carbocycles. The number of aromatic nitrogens is 1. The standard InChI is InChI=1S/C25H22N2O7S/c1-13-22(24(31)34-4)35-25(26-13)27-19(16-7-5-6-8-17(16)33-3)18(21(29)23(27)30)20(28)14-9-11-15(32-2)12-10-14/h5-12,19,28H,1-4H3/b20-18-. The number of methoxy groups -OCH3 is 3. The number of aliphatic hydroxyl groups excluding tert-OH is 1. The van der Waals surface area contributed by atoms with Crippen LogP contribution in [0.2, 0.25) is 0 Å². The number of aryl methyl sites for hydroxylation is 1. The van der Waals surface area contributed by atoms with Crippen LogP contribution in [-0.2, 0) is 14.3 Å². The molecule has 4 rings (SSSR count). The number of amides is 1. The molecule has 2 aromatic carbocycles. The molecule has 35 heavy (non-hydrogen) atoms. The Morgan fingerprint density at radius 2 is 1.71 bits per heavy atom. The summed E-state index contributed by atoms with van der Waals surface area (Å²) >= 11 is 0.927. The Kier molecular flexibility index (Phi) is 6.57. The predicted octanol–water partition coefficient (Wildman–Crippen LogP) is 3.88. The highest BCUT2D eigenvalue weighted by Gasteiger charge is 2.49. The zero-order chi connectivity index (χ0) is 25.3. The van der Waals surface area contributed by atoms with E-state index in [9.17, 15) is 19.5 Å². The molecule has 0 saturated carbocycles. The van der Waals surface area contributed by atoms with E-state index in [2.05, 4.69) is 4.98 Å². The van der Waals surface area contributed by atoms with Crippen molar-refractivity contribution in [3.05, 3.63) is 75.8 Å². The van der Waals surface area contributed by atoms with E-state index in [-0.39, 0.29) is 21.3 Å². The SMILES string of the molecule is COC(=O)c1sc(N2C(=O)C(=O)/C(=C(\O)c3ccc(OC)cc3)C2c2ccccc2OC)nc1C. The Morgan fingerprint density at radius 1 is 1.03 bits per heavy atom. The molecule has 1 fully saturated rings. The number of nitrogens with zero attached hydrogens (tertiary/aromatic N) is 2. The third-order valence-corrected chi connectivity index (χ3v) is 6.74. The summed E-state index contributed by atoms with van der Waals surface area (Å²) in [5.41, 5.74) is 1.02. The molecule has 0 spiro atoms. The van der Waals surface area contributed by atoms with Gasteiger partial charge in [-0.1, -0.05) is 29.5 Å². The Hall–Kier alpha value is -4.18. The fourth-order valence-electron chi connectivity index (χ4n) is 3.89. The molecule has 1 N–H and O–H groups in total. The summed E-state index contributed by atoms with van der Waals surface area (Å²) in [6.07, 6.45) is 0. The lowest BCUT2D eigenvalue weighted by Gasteiger charge is -2.24. The van der Waals surface area contributed by atoms with Crippen LogP contribution in [0.25, 0.3) is 5.76 Å². The number of carbonyl (C=O) groups is 3. The molecule has 1 aliphatic rings. The van der Waals surface area contributed by atoms with Crippen LogP contribution >= 0.6 is 11.3 Å². The molecule has 180 valence electrons. The maximum atomic E-state index is 13.3. The highest BCUT2D eigenvalue weighted by atomic mass is 32.1. The first-order valence-electron chi connectivity index (χ1n) is 10.5. The van der Waals surface area contributed by atoms with Gasteiger partial charge in [0.1, 0.15) is 28.2 Å². The van der Waals surface area contributed by atoms with Gasteiger partial charge in [0.05, 0.1) is 32.6 Å². The largest absolute Gasteiger partial charge is 0.507 e. The number of hydrogen-bond acceptors (Lipinski definition) is 9. The van der Waals surface area contributed by atoms with Crippen LogP contribution < -0.4 is 14.4 Å². The summed E-state index contributed by atoms with van der Waals surface area (Å²) in [4.78, 5) is 44.6. The first-order chi connectivity index (χ1) is 16.8.